The van der Waals surface area contributed by atoms with Crippen molar-refractivity contribution in [2.45, 2.75) is 70.6 Å². The predicted molar refractivity (Wildman–Crippen MR) is 84.5 cm³/mol. The molecule has 0 N–H and O–H groups in total. The molecule has 2 unspecified atom stereocenters. The lowest BCUT2D eigenvalue weighted by Crippen LogP contribution is -2.46. The second-order valence-corrected chi connectivity index (χ2v) is 6.65. The molecule has 0 radical (unpaired) electrons. The Morgan fingerprint density at radius 1 is 1.36 bits per heavy atom. The number of piperidine rings is 1. The first-order valence-corrected chi connectivity index (χ1v) is 8.62. The molecule has 5 heteroatoms. The van der Waals surface area contributed by atoms with Crippen molar-refractivity contribution < 1.29 is 9.53 Å². The number of hydrogen-bond donors (Lipinski definition) is 0. The van der Waals surface area contributed by atoms with Crippen LogP contribution in [-0.4, -0.2) is 45.9 Å². The fraction of sp³-hybridized carbons (Fsp3) is 0.765. The van der Waals surface area contributed by atoms with E-state index in [9.17, 15) is 4.79 Å². The summed E-state index contributed by atoms with van der Waals surface area (Å²) in [5, 5.41) is 4.37. The number of ether oxygens (including phenoxy) is 1. The van der Waals surface area contributed by atoms with Crippen molar-refractivity contribution >= 4 is 5.91 Å². The number of likely N-dealkylation sites (tertiary alicyclic amines) is 1. The number of aryl methyl sites for hydroxylation is 1. The lowest BCUT2D eigenvalue weighted by molar-refractivity contribution is -0.135. The number of rotatable bonds is 5. The van der Waals surface area contributed by atoms with Crippen LogP contribution in [0, 0.1) is 6.92 Å². The zero-order chi connectivity index (χ0) is 15.4. The second-order valence-electron chi connectivity index (χ2n) is 6.65. The quantitative estimate of drug-likeness (QED) is 0.840. The number of nitrogens with zero attached hydrogens (tertiary/aromatic N) is 3. The van der Waals surface area contributed by atoms with Gasteiger partial charge in [-0.15, -0.1) is 0 Å². The van der Waals surface area contributed by atoms with Gasteiger partial charge in [-0.2, -0.15) is 5.10 Å². The maximum atomic E-state index is 12.6. The van der Waals surface area contributed by atoms with Crippen LogP contribution < -0.4 is 0 Å². The van der Waals surface area contributed by atoms with Crippen LogP contribution in [0.25, 0.3) is 0 Å². The molecular formula is C17H27N3O2. The first-order valence-electron chi connectivity index (χ1n) is 8.62. The van der Waals surface area contributed by atoms with E-state index in [1.165, 1.54) is 12.0 Å². The summed E-state index contributed by atoms with van der Waals surface area (Å²) < 4.78 is 7.61. The molecule has 0 aromatic carbocycles. The van der Waals surface area contributed by atoms with Gasteiger partial charge in [0.05, 0.1) is 24.9 Å². The van der Waals surface area contributed by atoms with Gasteiger partial charge in [-0.25, -0.2) is 0 Å². The van der Waals surface area contributed by atoms with Gasteiger partial charge >= 0.3 is 0 Å². The summed E-state index contributed by atoms with van der Waals surface area (Å²) in [5.41, 5.74) is 1.17. The Hall–Kier alpha value is -1.36. The average molecular weight is 305 g/mol. The molecule has 122 valence electrons. The zero-order valence-electron chi connectivity index (χ0n) is 13.5. The van der Waals surface area contributed by atoms with E-state index in [1.807, 2.05) is 10.9 Å². The summed E-state index contributed by atoms with van der Waals surface area (Å²) >= 11 is 0. The maximum Gasteiger partial charge on any atom is 0.222 e. The van der Waals surface area contributed by atoms with Crippen LogP contribution >= 0.6 is 0 Å². The van der Waals surface area contributed by atoms with Gasteiger partial charge in [0, 0.05) is 25.8 Å². The molecule has 1 amide bonds. The number of carbonyl (C=O) groups is 1. The van der Waals surface area contributed by atoms with Crippen molar-refractivity contribution in [3.8, 4) is 0 Å². The first-order chi connectivity index (χ1) is 10.7. The van der Waals surface area contributed by atoms with Gasteiger partial charge in [-0.3, -0.25) is 9.48 Å². The summed E-state index contributed by atoms with van der Waals surface area (Å²) in [7, 11) is 0. The molecule has 0 saturated carbocycles. The van der Waals surface area contributed by atoms with Gasteiger partial charge in [-0.1, -0.05) is 0 Å². The molecule has 1 aromatic heterocycles. The molecule has 3 rings (SSSR count). The van der Waals surface area contributed by atoms with Crippen molar-refractivity contribution in [3.63, 3.8) is 0 Å². The number of hydrogen-bond acceptors (Lipinski definition) is 3. The average Bonchev–Trinajstić information content (AvgIpc) is 3.17. The number of amides is 1. The molecule has 1 aromatic rings. The van der Waals surface area contributed by atoms with Crippen LogP contribution in [0.15, 0.2) is 12.4 Å². The highest BCUT2D eigenvalue weighted by atomic mass is 16.5. The van der Waals surface area contributed by atoms with Crippen molar-refractivity contribution in [1.29, 1.82) is 0 Å². The van der Waals surface area contributed by atoms with E-state index >= 15 is 0 Å². The van der Waals surface area contributed by atoms with E-state index in [2.05, 4.69) is 23.1 Å². The monoisotopic (exact) mass is 305 g/mol. The van der Waals surface area contributed by atoms with Crippen LogP contribution in [0.2, 0.25) is 0 Å². The normalized spacial score (nSPS) is 25.6. The summed E-state index contributed by atoms with van der Waals surface area (Å²) in [4.78, 5) is 14.7. The fourth-order valence-electron chi connectivity index (χ4n) is 3.60. The van der Waals surface area contributed by atoms with E-state index in [-0.39, 0.29) is 0 Å². The Morgan fingerprint density at radius 2 is 2.27 bits per heavy atom. The Morgan fingerprint density at radius 3 is 3.00 bits per heavy atom. The smallest absolute Gasteiger partial charge is 0.222 e. The van der Waals surface area contributed by atoms with E-state index in [0.29, 0.717) is 24.5 Å². The minimum Gasteiger partial charge on any atom is -0.378 e. The molecule has 0 bridgehead atoms. The number of aromatic nitrogens is 2. The van der Waals surface area contributed by atoms with Gasteiger partial charge in [-0.05, 0) is 51.0 Å². The molecule has 2 atom stereocenters. The van der Waals surface area contributed by atoms with Gasteiger partial charge in [0.1, 0.15) is 0 Å². The van der Waals surface area contributed by atoms with E-state index in [0.717, 1.165) is 51.8 Å². The van der Waals surface area contributed by atoms with Gasteiger partial charge in [0.15, 0.2) is 0 Å². The van der Waals surface area contributed by atoms with Crippen LogP contribution in [0.4, 0.5) is 0 Å². The van der Waals surface area contributed by atoms with E-state index in [1.54, 1.807) is 0 Å². The highest BCUT2D eigenvalue weighted by molar-refractivity contribution is 5.76. The third-order valence-corrected chi connectivity index (χ3v) is 4.81. The van der Waals surface area contributed by atoms with Crippen LogP contribution in [0.3, 0.4) is 0 Å². The summed E-state index contributed by atoms with van der Waals surface area (Å²) in [6, 6.07) is 0.296. The minimum atomic E-state index is 0.295. The van der Waals surface area contributed by atoms with Crippen molar-refractivity contribution in [3.05, 3.63) is 18.0 Å². The molecule has 22 heavy (non-hydrogen) atoms. The summed E-state index contributed by atoms with van der Waals surface area (Å²) in [5.74, 6) is 0.295. The molecular weight excluding hydrogens is 278 g/mol. The third kappa shape index (κ3) is 3.88. The van der Waals surface area contributed by atoms with Crippen LogP contribution in [0.5, 0.6) is 0 Å². The minimum absolute atomic E-state index is 0.295. The van der Waals surface area contributed by atoms with E-state index in [4.69, 9.17) is 4.74 Å². The Bertz CT molecular complexity index is 494. The largest absolute Gasteiger partial charge is 0.378 e. The molecule has 0 spiro atoms. The van der Waals surface area contributed by atoms with Crippen molar-refractivity contribution in [2.24, 2.45) is 0 Å². The second kappa shape index (κ2) is 7.27. The zero-order valence-corrected chi connectivity index (χ0v) is 13.5. The van der Waals surface area contributed by atoms with Gasteiger partial charge in [0.2, 0.25) is 5.91 Å². The molecule has 5 nitrogen and oxygen atoms in total. The molecule has 2 saturated heterocycles. The predicted octanol–water partition coefficient (Wildman–Crippen LogP) is 2.53. The topological polar surface area (TPSA) is 47.4 Å². The summed E-state index contributed by atoms with van der Waals surface area (Å²) in [6.45, 7) is 4.63. The standard InChI is InChI=1S/C17H27N3O2/c1-14-11-18-19(12-14)13-15-5-2-3-9-20(15)17(21)8-7-16-6-4-10-22-16/h11-12,15-16H,2-10,13H2,1H3. The van der Waals surface area contributed by atoms with Gasteiger partial charge in [0.25, 0.3) is 0 Å². The van der Waals surface area contributed by atoms with Gasteiger partial charge < -0.3 is 9.64 Å². The van der Waals surface area contributed by atoms with E-state index < -0.39 is 0 Å². The SMILES string of the molecule is Cc1cnn(CC2CCCCN2C(=O)CCC2CCCO2)c1. The molecule has 2 aliphatic heterocycles. The molecule has 3 heterocycles. The Kier molecular flexibility index (Phi) is 5.13. The summed E-state index contributed by atoms with van der Waals surface area (Å²) in [6.07, 6.45) is 11.4. The molecule has 2 fully saturated rings. The molecule has 2 aliphatic rings. The van der Waals surface area contributed by atoms with Crippen molar-refractivity contribution in [1.82, 2.24) is 14.7 Å². The van der Waals surface area contributed by atoms with Crippen LogP contribution in [0.1, 0.15) is 50.5 Å². The maximum absolute atomic E-state index is 12.6. The van der Waals surface area contributed by atoms with Crippen molar-refractivity contribution in [2.75, 3.05) is 13.2 Å². The molecule has 0 aliphatic carbocycles. The van der Waals surface area contributed by atoms with Crippen LogP contribution in [-0.2, 0) is 16.1 Å². The Labute approximate surface area is 132 Å². The lowest BCUT2D eigenvalue weighted by atomic mass is 10.0. The Balaban J connectivity index is 1.55. The highest BCUT2D eigenvalue weighted by Crippen LogP contribution is 2.22. The first kappa shape index (κ1) is 15.5. The highest BCUT2D eigenvalue weighted by Gasteiger charge is 2.28. The lowest BCUT2D eigenvalue weighted by Gasteiger charge is -2.36. The fourth-order valence-corrected chi connectivity index (χ4v) is 3.60. The number of carbonyl (C=O) groups excluding carboxylic acids is 1. The third-order valence-electron chi connectivity index (χ3n) is 4.81.